The van der Waals surface area contributed by atoms with Gasteiger partial charge in [-0.25, -0.2) is 4.98 Å². The van der Waals surface area contributed by atoms with Gasteiger partial charge in [-0.05, 0) is 25.1 Å². The van der Waals surface area contributed by atoms with E-state index in [2.05, 4.69) is 14.9 Å². The number of rotatable bonds is 4. The van der Waals surface area contributed by atoms with Gasteiger partial charge >= 0.3 is 0 Å². The predicted molar refractivity (Wildman–Crippen MR) is 83.1 cm³/mol. The summed E-state index contributed by atoms with van der Waals surface area (Å²) in [4.78, 5) is 16.6. The number of carbonyl (C=O) groups is 1. The van der Waals surface area contributed by atoms with Crippen molar-refractivity contribution in [3.63, 3.8) is 0 Å². The minimum atomic E-state index is -0.156. The standard InChI is InChI=1S/C16H18N4O2/c1-11-4-5-12(19(11)2)9-18-16(21)14-10-17-15-8-13(22-3)6-7-20(14)15/h4-8,10H,9H2,1-3H3,(H,18,21). The molecule has 3 aromatic rings. The largest absolute Gasteiger partial charge is 0.497 e. The molecule has 0 saturated carbocycles. The third kappa shape index (κ3) is 2.43. The molecule has 0 radical (unpaired) electrons. The molecule has 0 saturated heterocycles. The molecule has 0 aliphatic heterocycles. The molecule has 22 heavy (non-hydrogen) atoms. The maximum atomic E-state index is 12.4. The Kier molecular flexibility index (Phi) is 3.58. The van der Waals surface area contributed by atoms with Crippen molar-refractivity contribution in [1.29, 1.82) is 0 Å². The Morgan fingerprint density at radius 2 is 2.18 bits per heavy atom. The number of nitrogens with one attached hydrogen (secondary N) is 1. The zero-order valence-electron chi connectivity index (χ0n) is 12.8. The van der Waals surface area contributed by atoms with Crippen LogP contribution in [-0.4, -0.2) is 27.0 Å². The molecule has 3 rings (SSSR count). The monoisotopic (exact) mass is 298 g/mol. The molecule has 0 spiro atoms. The van der Waals surface area contributed by atoms with Crippen molar-refractivity contribution in [2.75, 3.05) is 7.11 Å². The molecule has 0 atom stereocenters. The number of fused-ring (bicyclic) bond motifs is 1. The summed E-state index contributed by atoms with van der Waals surface area (Å²) in [6.45, 7) is 2.51. The number of hydrogen-bond donors (Lipinski definition) is 1. The summed E-state index contributed by atoms with van der Waals surface area (Å²) in [5, 5.41) is 2.92. The predicted octanol–water partition coefficient (Wildman–Crippen LogP) is 1.92. The number of pyridine rings is 1. The lowest BCUT2D eigenvalue weighted by atomic mass is 10.3. The van der Waals surface area contributed by atoms with Gasteiger partial charge < -0.3 is 14.6 Å². The third-order valence-electron chi connectivity index (χ3n) is 3.86. The van der Waals surface area contributed by atoms with Crippen LogP contribution < -0.4 is 10.1 Å². The molecule has 0 fully saturated rings. The zero-order chi connectivity index (χ0) is 15.7. The smallest absolute Gasteiger partial charge is 0.270 e. The molecule has 114 valence electrons. The van der Waals surface area contributed by atoms with Crippen molar-refractivity contribution in [2.24, 2.45) is 7.05 Å². The summed E-state index contributed by atoms with van der Waals surface area (Å²) in [6.07, 6.45) is 3.35. The zero-order valence-corrected chi connectivity index (χ0v) is 12.8. The van der Waals surface area contributed by atoms with Crippen LogP contribution in [0.15, 0.2) is 36.7 Å². The van der Waals surface area contributed by atoms with E-state index >= 15 is 0 Å². The van der Waals surface area contributed by atoms with Gasteiger partial charge in [0.25, 0.3) is 5.91 Å². The van der Waals surface area contributed by atoms with Crippen LogP contribution in [0.25, 0.3) is 5.65 Å². The van der Waals surface area contributed by atoms with Crippen molar-refractivity contribution >= 4 is 11.6 Å². The Hall–Kier alpha value is -2.76. The van der Waals surface area contributed by atoms with Gasteiger partial charge in [-0.1, -0.05) is 0 Å². The van der Waals surface area contributed by atoms with Crippen LogP contribution in [-0.2, 0) is 13.6 Å². The maximum Gasteiger partial charge on any atom is 0.270 e. The Balaban J connectivity index is 1.79. The van der Waals surface area contributed by atoms with Gasteiger partial charge in [-0.3, -0.25) is 9.20 Å². The molecule has 0 bridgehead atoms. The molecular formula is C16H18N4O2. The minimum absolute atomic E-state index is 0.156. The molecule has 6 heteroatoms. The van der Waals surface area contributed by atoms with Gasteiger partial charge in [-0.2, -0.15) is 0 Å². The van der Waals surface area contributed by atoms with E-state index in [9.17, 15) is 4.79 Å². The number of carbonyl (C=O) groups excluding carboxylic acids is 1. The fourth-order valence-corrected chi connectivity index (χ4v) is 2.36. The normalized spacial score (nSPS) is 10.9. The van der Waals surface area contributed by atoms with Crippen LogP contribution in [0.4, 0.5) is 0 Å². The average Bonchev–Trinajstić information content (AvgIpc) is 3.09. The molecule has 1 amide bonds. The van der Waals surface area contributed by atoms with Crippen molar-refractivity contribution in [2.45, 2.75) is 13.5 Å². The lowest BCUT2D eigenvalue weighted by Crippen LogP contribution is -2.25. The second-order valence-corrected chi connectivity index (χ2v) is 5.15. The van der Waals surface area contributed by atoms with Crippen LogP contribution in [0.3, 0.4) is 0 Å². The minimum Gasteiger partial charge on any atom is -0.497 e. The first kappa shape index (κ1) is 14.2. The fraction of sp³-hybridized carbons (Fsp3) is 0.250. The first-order chi connectivity index (χ1) is 10.6. The molecule has 6 nitrogen and oxygen atoms in total. The summed E-state index contributed by atoms with van der Waals surface area (Å²) < 4.78 is 8.96. The molecule has 3 aromatic heterocycles. The molecular weight excluding hydrogens is 280 g/mol. The van der Waals surface area contributed by atoms with E-state index in [1.54, 1.807) is 36.0 Å². The van der Waals surface area contributed by atoms with Gasteiger partial charge in [0.2, 0.25) is 0 Å². The summed E-state index contributed by atoms with van der Waals surface area (Å²) in [7, 11) is 3.58. The molecule has 0 aliphatic rings. The van der Waals surface area contributed by atoms with E-state index in [1.807, 2.05) is 26.1 Å². The van der Waals surface area contributed by atoms with Crippen LogP contribution in [0, 0.1) is 6.92 Å². The highest BCUT2D eigenvalue weighted by atomic mass is 16.5. The SMILES string of the molecule is COc1ccn2c(C(=O)NCc3ccc(C)n3C)cnc2c1. The van der Waals surface area contributed by atoms with Gasteiger partial charge in [0.05, 0.1) is 19.9 Å². The lowest BCUT2D eigenvalue weighted by molar-refractivity contribution is 0.0944. The van der Waals surface area contributed by atoms with Gasteiger partial charge in [-0.15, -0.1) is 0 Å². The second kappa shape index (κ2) is 5.55. The summed E-state index contributed by atoms with van der Waals surface area (Å²) in [5.41, 5.74) is 3.40. The van der Waals surface area contributed by atoms with E-state index in [0.29, 0.717) is 23.6 Å². The van der Waals surface area contributed by atoms with E-state index in [1.165, 1.54) is 0 Å². The lowest BCUT2D eigenvalue weighted by Gasteiger charge is -2.07. The number of ether oxygens (including phenoxy) is 1. The highest BCUT2D eigenvalue weighted by Crippen LogP contribution is 2.15. The number of imidazole rings is 1. The first-order valence-corrected chi connectivity index (χ1v) is 7.00. The van der Waals surface area contributed by atoms with Gasteiger partial charge in [0.1, 0.15) is 17.1 Å². The Labute approximate surface area is 128 Å². The second-order valence-electron chi connectivity index (χ2n) is 5.15. The molecule has 1 N–H and O–H groups in total. The highest BCUT2D eigenvalue weighted by molar-refractivity contribution is 5.93. The fourth-order valence-electron chi connectivity index (χ4n) is 2.36. The van der Waals surface area contributed by atoms with E-state index in [4.69, 9.17) is 4.74 Å². The average molecular weight is 298 g/mol. The quantitative estimate of drug-likeness (QED) is 0.800. The Bertz CT molecular complexity index is 832. The van der Waals surface area contributed by atoms with Crippen molar-refractivity contribution < 1.29 is 9.53 Å². The number of aromatic nitrogens is 3. The van der Waals surface area contributed by atoms with Crippen molar-refractivity contribution in [3.8, 4) is 5.75 Å². The summed E-state index contributed by atoms with van der Waals surface area (Å²) in [6, 6.07) is 7.63. The molecule has 3 heterocycles. The number of aryl methyl sites for hydroxylation is 1. The van der Waals surface area contributed by atoms with Crippen molar-refractivity contribution in [3.05, 3.63) is 53.7 Å². The number of methoxy groups -OCH3 is 1. The highest BCUT2D eigenvalue weighted by Gasteiger charge is 2.13. The number of nitrogens with zero attached hydrogens (tertiary/aromatic N) is 3. The van der Waals surface area contributed by atoms with Crippen LogP contribution >= 0.6 is 0 Å². The first-order valence-electron chi connectivity index (χ1n) is 7.00. The van der Waals surface area contributed by atoms with Crippen LogP contribution in [0.2, 0.25) is 0 Å². The Morgan fingerprint density at radius 1 is 1.36 bits per heavy atom. The van der Waals surface area contributed by atoms with Crippen LogP contribution in [0.5, 0.6) is 5.75 Å². The summed E-state index contributed by atoms with van der Waals surface area (Å²) in [5.74, 6) is 0.556. The van der Waals surface area contributed by atoms with E-state index in [-0.39, 0.29) is 5.91 Å². The van der Waals surface area contributed by atoms with Crippen molar-refractivity contribution in [1.82, 2.24) is 19.3 Å². The van der Waals surface area contributed by atoms with Gasteiger partial charge in [0, 0.05) is 30.7 Å². The molecule has 0 aliphatic carbocycles. The topological polar surface area (TPSA) is 60.6 Å². The third-order valence-corrected chi connectivity index (χ3v) is 3.86. The number of amides is 1. The van der Waals surface area contributed by atoms with Crippen LogP contribution in [0.1, 0.15) is 21.9 Å². The maximum absolute atomic E-state index is 12.4. The molecule has 0 aromatic carbocycles. The summed E-state index contributed by atoms with van der Waals surface area (Å²) >= 11 is 0. The Morgan fingerprint density at radius 3 is 2.86 bits per heavy atom. The van der Waals surface area contributed by atoms with E-state index < -0.39 is 0 Å². The van der Waals surface area contributed by atoms with E-state index in [0.717, 1.165) is 11.4 Å². The van der Waals surface area contributed by atoms with Gasteiger partial charge in [0.15, 0.2) is 0 Å². The molecule has 0 unspecified atom stereocenters. The number of hydrogen-bond acceptors (Lipinski definition) is 3.